The molecule has 0 spiro atoms. The number of H-pyrrole nitrogens is 1. The third-order valence-electron chi connectivity index (χ3n) is 3.78. The van der Waals surface area contributed by atoms with Crippen molar-refractivity contribution in [1.29, 1.82) is 0 Å². The highest BCUT2D eigenvalue weighted by atomic mass is 32.1. The molecule has 130 valence electrons. The smallest absolute Gasteiger partial charge is 0.335 e. The number of anilines is 2. The Kier molecular flexibility index (Phi) is 3.98. The third-order valence-corrected chi connectivity index (χ3v) is 4.80. The van der Waals surface area contributed by atoms with Crippen LogP contribution in [-0.2, 0) is 4.79 Å². The van der Waals surface area contributed by atoms with Crippen molar-refractivity contribution < 1.29 is 14.7 Å². The van der Waals surface area contributed by atoms with Crippen LogP contribution in [0.3, 0.4) is 0 Å². The normalized spacial score (nSPS) is 10.9. The van der Waals surface area contributed by atoms with Crippen LogP contribution in [0.1, 0.15) is 10.4 Å². The molecule has 4 aromatic rings. The van der Waals surface area contributed by atoms with E-state index in [4.69, 9.17) is 5.11 Å². The number of fused-ring (bicyclic) bond motifs is 3. The topological polar surface area (TPSA) is 120 Å². The predicted molar refractivity (Wildman–Crippen MR) is 99.8 cm³/mol. The number of carboxylic acid groups (broad SMARTS) is 1. The average molecular weight is 367 g/mol. The number of benzene rings is 2. The van der Waals surface area contributed by atoms with Gasteiger partial charge in [0.05, 0.1) is 34.0 Å². The van der Waals surface area contributed by atoms with Crippen molar-refractivity contribution in [2.45, 2.75) is 0 Å². The highest BCUT2D eigenvalue weighted by molar-refractivity contribution is 7.23. The molecule has 0 saturated carbocycles. The zero-order valence-electron chi connectivity index (χ0n) is 13.3. The SMILES string of the molecule is O=C(CNc1cccc(C(=O)O)c1)Nc1nc2ccc3[nH]ncc3c2s1. The van der Waals surface area contributed by atoms with E-state index in [0.29, 0.717) is 10.8 Å². The number of hydrogen-bond acceptors (Lipinski definition) is 6. The van der Waals surface area contributed by atoms with E-state index in [1.54, 1.807) is 18.3 Å². The van der Waals surface area contributed by atoms with Crippen LogP contribution in [0.5, 0.6) is 0 Å². The van der Waals surface area contributed by atoms with Crippen molar-refractivity contribution in [1.82, 2.24) is 15.2 Å². The molecule has 0 radical (unpaired) electrons. The van der Waals surface area contributed by atoms with Gasteiger partial charge in [-0.2, -0.15) is 5.10 Å². The van der Waals surface area contributed by atoms with E-state index in [2.05, 4.69) is 25.8 Å². The molecule has 0 atom stereocenters. The van der Waals surface area contributed by atoms with Gasteiger partial charge in [-0.05, 0) is 30.3 Å². The number of carboxylic acids is 1. The van der Waals surface area contributed by atoms with E-state index in [1.165, 1.54) is 23.5 Å². The van der Waals surface area contributed by atoms with E-state index in [-0.39, 0.29) is 18.0 Å². The molecule has 2 heterocycles. The summed E-state index contributed by atoms with van der Waals surface area (Å²) < 4.78 is 0.952. The molecule has 9 heteroatoms. The van der Waals surface area contributed by atoms with Gasteiger partial charge in [0, 0.05) is 11.1 Å². The largest absolute Gasteiger partial charge is 0.478 e. The Bertz CT molecular complexity index is 1130. The Morgan fingerprint density at radius 1 is 1.23 bits per heavy atom. The summed E-state index contributed by atoms with van der Waals surface area (Å²) in [6, 6.07) is 10.1. The molecular weight excluding hydrogens is 354 g/mol. The van der Waals surface area contributed by atoms with E-state index < -0.39 is 5.97 Å². The summed E-state index contributed by atoms with van der Waals surface area (Å²) in [7, 11) is 0. The summed E-state index contributed by atoms with van der Waals surface area (Å²) in [5.41, 5.74) is 2.43. The molecule has 0 aliphatic heterocycles. The molecule has 1 amide bonds. The molecule has 4 N–H and O–H groups in total. The van der Waals surface area contributed by atoms with Crippen LogP contribution in [0.2, 0.25) is 0 Å². The van der Waals surface area contributed by atoms with Crippen molar-refractivity contribution in [2.24, 2.45) is 0 Å². The summed E-state index contributed by atoms with van der Waals surface area (Å²) in [6.07, 6.45) is 1.73. The lowest BCUT2D eigenvalue weighted by molar-refractivity contribution is -0.114. The molecule has 0 aliphatic rings. The number of rotatable bonds is 5. The van der Waals surface area contributed by atoms with E-state index >= 15 is 0 Å². The number of nitrogens with zero attached hydrogens (tertiary/aromatic N) is 2. The van der Waals surface area contributed by atoms with Gasteiger partial charge in [-0.3, -0.25) is 9.89 Å². The first-order chi connectivity index (χ1) is 12.6. The van der Waals surface area contributed by atoms with Gasteiger partial charge in [-0.1, -0.05) is 17.4 Å². The first kappa shape index (κ1) is 16.0. The number of aromatic carboxylic acids is 1. The number of aromatic nitrogens is 3. The second kappa shape index (κ2) is 6.45. The number of aromatic amines is 1. The highest BCUT2D eigenvalue weighted by Crippen LogP contribution is 2.31. The molecule has 2 aromatic carbocycles. The van der Waals surface area contributed by atoms with Crippen molar-refractivity contribution in [2.75, 3.05) is 17.2 Å². The van der Waals surface area contributed by atoms with Crippen molar-refractivity contribution >= 4 is 55.2 Å². The van der Waals surface area contributed by atoms with Crippen LogP contribution in [0.4, 0.5) is 10.8 Å². The van der Waals surface area contributed by atoms with Gasteiger partial charge < -0.3 is 15.7 Å². The lowest BCUT2D eigenvalue weighted by atomic mass is 10.2. The summed E-state index contributed by atoms with van der Waals surface area (Å²) >= 11 is 1.38. The lowest BCUT2D eigenvalue weighted by Crippen LogP contribution is -2.21. The van der Waals surface area contributed by atoms with Crippen LogP contribution in [0.25, 0.3) is 21.1 Å². The van der Waals surface area contributed by atoms with Crippen molar-refractivity contribution in [3.8, 4) is 0 Å². The van der Waals surface area contributed by atoms with Crippen LogP contribution < -0.4 is 10.6 Å². The first-order valence-electron chi connectivity index (χ1n) is 7.70. The Labute approximate surface area is 150 Å². The number of amides is 1. The number of carbonyl (C=O) groups excluding carboxylic acids is 1. The van der Waals surface area contributed by atoms with Crippen LogP contribution in [-0.4, -0.2) is 38.7 Å². The maximum Gasteiger partial charge on any atom is 0.335 e. The number of thiazole rings is 1. The first-order valence-corrected chi connectivity index (χ1v) is 8.51. The fraction of sp³-hybridized carbons (Fsp3) is 0.0588. The monoisotopic (exact) mass is 367 g/mol. The highest BCUT2D eigenvalue weighted by Gasteiger charge is 2.11. The summed E-state index contributed by atoms with van der Waals surface area (Å²) in [5, 5.41) is 23.0. The molecule has 0 saturated heterocycles. The molecule has 0 fully saturated rings. The third kappa shape index (κ3) is 3.07. The molecule has 2 aromatic heterocycles. The fourth-order valence-corrected chi connectivity index (χ4v) is 3.56. The van der Waals surface area contributed by atoms with Gasteiger partial charge in [-0.15, -0.1) is 0 Å². The second-order valence-corrected chi connectivity index (χ2v) is 6.55. The van der Waals surface area contributed by atoms with Gasteiger partial charge in [0.15, 0.2) is 5.13 Å². The number of carbonyl (C=O) groups is 2. The maximum absolute atomic E-state index is 12.2. The minimum atomic E-state index is -1.02. The molecule has 0 unspecified atom stereocenters. The second-order valence-electron chi connectivity index (χ2n) is 5.55. The number of hydrogen-bond donors (Lipinski definition) is 4. The molecule has 8 nitrogen and oxygen atoms in total. The van der Waals surface area contributed by atoms with Crippen LogP contribution in [0, 0.1) is 0 Å². The summed E-state index contributed by atoms with van der Waals surface area (Å²) in [5.74, 6) is -1.29. The van der Waals surface area contributed by atoms with E-state index in [9.17, 15) is 9.59 Å². The van der Waals surface area contributed by atoms with Gasteiger partial charge in [0.1, 0.15) is 0 Å². The zero-order chi connectivity index (χ0) is 18.1. The number of nitrogens with one attached hydrogen (secondary N) is 3. The Morgan fingerprint density at radius 3 is 2.96 bits per heavy atom. The zero-order valence-corrected chi connectivity index (χ0v) is 14.1. The summed E-state index contributed by atoms with van der Waals surface area (Å²) in [4.78, 5) is 27.5. The van der Waals surface area contributed by atoms with Crippen molar-refractivity contribution in [3.63, 3.8) is 0 Å². The van der Waals surface area contributed by atoms with Crippen LogP contribution in [0.15, 0.2) is 42.6 Å². The minimum Gasteiger partial charge on any atom is -0.478 e. The van der Waals surface area contributed by atoms with Gasteiger partial charge >= 0.3 is 5.97 Å². The van der Waals surface area contributed by atoms with Crippen molar-refractivity contribution in [3.05, 3.63) is 48.2 Å². The molecule has 0 bridgehead atoms. The quantitative estimate of drug-likeness (QED) is 0.430. The molecule has 4 rings (SSSR count). The maximum atomic E-state index is 12.2. The van der Waals surface area contributed by atoms with E-state index in [1.807, 2.05) is 12.1 Å². The molecular formula is C17H13N5O3S. The summed E-state index contributed by atoms with van der Waals surface area (Å²) in [6.45, 7) is 0.000118. The Balaban J connectivity index is 1.45. The standard InChI is InChI=1S/C17H13N5O3S/c23-14(8-18-10-3-1-2-9(6-10)16(24)25)21-17-20-13-5-4-12-11(7-19-22-12)15(13)26-17/h1-7,18H,8H2,(H,19,22)(H,24,25)(H,20,21,23). The molecule has 26 heavy (non-hydrogen) atoms. The minimum absolute atomic E-state index is 0.000118. The predicted octanol–water partition coefficient (Wildman–Crippen LogP) is 2.92. The fourth-order valence-electron chi connectivity index (χ4n) is 2.57. The van der Waals surface area contributed by atoms with E-state index in [0.717, 1.165) is 21.1 Å². The molecule has 0 aliphatic carbocycles. The van der Waals surface area contributed by atoms with Gasteiger partial charge in [0.25, 0.3) is 0 Å². The van der Waals surface area contributed by atoms with Crippen LogP contribution >= 0.6 is 11.3 Å². The average Bonchev–Trinajstić information content (AvgIpc) is 3.25. The Hall–Kier alpha value is -3.46. The lowest BCUT2D eigenvalue weighted by Gasteiger charge is -2.06. The Morgan fingerprint density at radius 2 is 2.12 bits per heavy atom. The van der Waals surface area contributed by atoms with Gasteiger partial charge in [0.2, 0.25) is 5.91 Å². The van der Waals surface area contributed by atoms with Gasteiger partial charge in [-0.25, -0.2) is 9.78 Å².